The average molecular weight is 608 g/mol. The van der Waals surface area contributed by atoms with Gasteiger partial charge >= 0.3 is 0 Å². The average Bonchev–Trinajstić information content (AvgIpc) is 3.23. The van der Waals surface area contributed by atoms with Gasteiger partial charge in [0.25, 0.3) is 0 Å². The van der Waals surface area contributed by atoms with E-state index >= 15 is 0 Å². The number of fused-ring (bicyclic) bond motifs is 1. The summed E-state index contributed by atoms with van der Waals surface area (Å²) in [5.74, 6) is 0. The minimum atomic E-state index is -0.390. The van der Waals surface area contributed by atoms with Crippen LogP contribution in [0.4, 0.5) is 17.1 Å². The van der Waals surface area contributed by atoms with Crippen LogP contribution in [0.1, 0.15) is 11.0 Å². The first-order valence-corrected chi connectivity index (χ1v) is 15.5. The fourth-order valence-electron chi connectivity index (χ4n) is 5.92. The van der Waals surface area contributed by atoms with E-state index in [-0.39, 0.29) is 70.8 Å². The molecule has 8 aromatic rings. The molecule has 0 unspecified atom stereocenters. The SMILES string of the molecule is [2H]c1c([2H])c(N(c2ccc(-c3ccccc3)cc2)c2c([2H])c([2H])c(-c3ccc4ccccc4c3-c3ccccc3)c([2H])c2[2H])c([2H])c([2H])c1-c1ccccc1. The molecule has 0 aliphatic heterocycles. The lowest BCUT2D eigenvalue weighted by molar-refractivity contribution is 1.28. The maximum Gasteiger partial charge on any atom is 0.0645 e. The van der Waals surface area contributed by atoms with Crippen LogP contribution in [0.5, 0.6) is 0 Å². The van der Waals surface area contributed by atoms with E-state index < -0.39 is 0 Å². The van der Waals surface area contributed by atoms with Crippen molar-refractivity contribution in [3.63, 3.8) is 0 Å². The third-order valence-corrected chi connectivity index (χ3v) is 8.23. The molecule has 0 amide bonds. The molecule has 0 saturated carbocycles. The Hall–Kier alpha value is -6.18. The molecule has 0 bridgehead atoms. The fraction of sp³-hybridized carbons (Fsp3) is 0. The van der Waals surface area contributed by atoms with Crippen molar-refractivity contribution in [3.05, 3.63) is 200 Å². The summed E-state index contributed by atoms with van der Waals surface area (Å²) in [6.45, 7) is 0. The minimum Gasteiger partial charge on any atom is -0.311 e. The monoisotopic (exact) mass is 607 g/mol. The number of hydrogen-bond donors (Lipinski definition) is 0. The van der Waals surface area contributed by atoms with E-state index in [9.17, 15) is 8.22 Å². The van der Waals surface area contributed by atoms with E-state index in [0.717, 1.165) is 33.0 Å². The minimum absolute atomic E-state index is 0.113. The molecule has 1 nitrogen and oxygen atoms in total. The molecular formula is C46H33N. The highest BCUT2D eigenvalue weighted by Gasteiger charge is 2.16. The summed E-state index contributed by atoms with van der Waals surface area (Å²) in [7, 11) is 0. The Morgan fingerprint density at radius 2 is 0.787 bits per heavy atom. The summed E-state index contributed by atoms with van der Waals surface area (Å²) in [6, 6.07) is 44.2. The van der Waals surface area contributed by atoms with Crippen molar-refractivity contribution in [1.29, 1.82) is 0 Å². The van der Waals surface area contributed by atoms with Gasteiger partial charge in [-0.2, -0.15) is 0 Å². The Labute approximate surface area is 287 Å². The van der Waals surface area contributed by atoms with Crippen molar-refractivity contribution in [2.24, 2.45) is 0 Å². The fourth-order valence-corrected chi connectivity index (χ4v) is 5.92. The molecule has 222 valence electrons. The molecule has 0 saturated heterocycles. The van der Waals surface area contributed by atoms with E-state index in [4.69, 9.17) is 2.74 Å². The molecular weight excluding hydrogens is 567 g/mol. The highest BCUT2D eigenvalue weighted by molar-refractivity contribution is 6.04. The van der Waals surface area contributed by atoms with Crippen LogP contribution in [0, 0.1) is 0 Å². The second-order valence-electron chi connectivity index (χ2n) is 11.1. The molecule has 0 radical (unpaired) electrons. The van der Waals surface area contributed by atoms with Crippen LogP contribution in [-0.2, 0) is 0 Å². The second-order valence-corrected chi connectivity index (χ2v) is 11.1. The predicted molar refractivity (Wildman–Crippen MR) is 200 cm³/mol. The Morgan fingerprint density at radius 3 is 1.38 bits per heavy atom. The van der Waals surface area contributed by atoms with Crippen LogP contribution < -0.4 is 4.90 Å². The highest BCUT2D eigenvalue weighted by Crippen LogP contribution is 2.41. The third kappa shape index (κ3) is 5.72. The normalized spacial score (nSPS) is 13.4. The van der Waals surface area contributed by atoms with Gasteiger partial charge in [-0.25, -0.2) is 0 Å². The van der Waals surface area contributed by atoms with Crippen LogP contribution >= 0.6 is 0 Å². The lowest BCUT2D eigenvalue weighted by Crippen LogP contribution is -2.09. The van der Waals surface area contributed by atoms with Crippen LogP contribution in [0.15, 0.2) is 200 Å². The topological polar surface area (TPSA) is 3.24 Å². The first-order chi connectivity index (χ1) is 26.7. The summed E-state index contributed by atoms with van der Waals surface area (Å²) in [6.07, 6.45) is 0. The lowest BCUT2D eigenvalue weighted by Gasteiger charge is -2.26. The lowest BCUT2D eigenvalue weighted by atomic mass is 9.90. The van der Waals surface area contributed by atoms with E-state index in [0.29, 0.717) is 16.8 Å². The molecule has 47 heavy (non-hydrogen) atoms. The van der Waals surface area contributed by atoms with Gasteiger partial charge in [-0.1, -0.05) is 164 Å². The zero-order chi connectivity index (χ0) is 38.4. The van der Waals surface area contributed by atoms with Crippen LogP contribution in [0.25, 0.3) is 55.3 Å². The van der Waals surface area contributed by atoms with Gasteiger partial charge in [-0.3, -0.25) is 0 Å². The van der Waals surface area contributed by atoms with E-state index in [2.05, 4.69) is 0 Å². The van der Waals surface area contributed by atoms with Gasteiger partial charge in [0, 0.05) is 17.1 Å². The van der Waals surface area contributed by atoms with Gasteiger partial charge < -0.3 is 4.90 Å². The quantitative estimate of drug-likeness (QED) is 0.174. The van der Waals surface area contributed by atoms with Crippen molar-refractivity contribution in [1.82, 2.24) is 0 Å². The Bertz CT molecular complexity index is 2660. The van der Waals surface area contributed by atoms with Gasteiger partial charge in [-0.05, 0) is 91.6 Å². The largest absolute Gasteiger partial charge is 0.311 e. The molecule has 0 aromatic heterocycles. The number of hydrogen-bond acceptors (Lipinski definition) is 1. The smallest absolute Gasteiger partial charge is 0.0645 e. The molecule has 0 heterocycles. The Morgan fingerprint density at radius 1 is 0.319 bits per heavy atom. The van der Waals surface area contributed by atoms with Crippen molar-refractivity contribution in [3.8, 4) is 44.5 Å². The number of nitrogens with zero attached hydrogens (tertiary/aromatic N) is 1. The maximum absolute atomic E-state index is 9.54. The molecule has 0 aliphatic carbocycles. The summed E-state index contributed by atoms with van der Waals surface area (Å²) >= 11 is 0. The van der Waals surface area contributed by atoms with Gasteiger partial charge in [0.05, 0.1) is 11.0 Å². The van der Waals surface area contributed by atoms with Gasteiger partial charge in [-0.15, -0.1) is 0 Å². The molecule has 0 N–H and O–H groups in total. The zero-order valence-corrected chi connectivity index (χ0v) is 25.4. The van der Waals surface area contributed by atoms with Crippen LogP contribution in [-0.4, -0.2) is 0 Å². The highest BCUT2D eigenvalue weighted by atomic mass is 15.1. The molecule has 8 rings (SSSR count). The van der Waals surface area contributed by atoms with Crippen molar-refractivity contribution in [2.45, 2.75) is 0 Å². The summed E-state index contributed by atoms with van der Waals surface area (Å²) in [5, 5.41) is 1.86. The Kier molecular flexibility index (Phi) is 5.60. The number of anilines is 3. The Balaban J connectivity index is 1.40. The molecule has 0 aliphatic rings. The van der Waals surface area contributed by atoms with Crippen molar-refractivity contribution >= 4 is 27.8 Å². The van der Waals surface area contributed by atoms with Crippen LogP contribution in [0.3, 0.4) is 0 Å². The van der Waals surface area contributed by atoms with Crippen molar-refractivity contribution in [2.75, 3.05) is 4.90 Å². The first kappa shape index (κ1) is 20.8. The summed E-state index contributed by atoms with van der Waals surface area (Å²) in [4.78, 5) is 1.34. The second kappa shape index (κ2) is 12.7. The van der Waals surface area contributed by atoms with Gasteiger partial charge in [0.2, 0.25) is 0 Å². The first-order valence-electron chi connectivity index (χ1n) is 19.5. The zero-order valence-electron chi connectivity index (χ0n) is 33.4. The third-order valence-electron chi connectivity index (χ3n) is 8.23. The standard InChI is InChI=1S/C46H33N/c1-4-12-34(13-5-1)36-20-27-41(28-21-36)47(42-29-22-37(23-30-42)35-14-6-2-7-15-35)43-31-24-39(25-32-43)45-33-26-38-16-10-11-19-44(38)46(45)40-17-8-3-9-18-40/h1-33H/i20D,21D,24D,25D,27D,28D,31D,32D. The molecule has 1 heteroatoms. The van der Waals surface area contributed by atoms with E-state index in [1.807, 2.05) is 115 Å². The summed E-state index contributed by atoms with van der Waals surface area (Å²) in [5.41, 5.74) is 4.71. The molecule has 0 spiro atoms. The van der Waals surface area contributed by atoms with Gasteiger partial charge in [0.15, 0.2) is 0 Å². The number of benzene rings is 8. The maximum atomic E-state index is 9.54. The molecule has 0 fully saturated rings. The van der Waals surface area contributed by atoms with E-state index in [1.54, 1.807) is 36.4 Å². The van der Waals surface area contributed by atoms with Gasteiger partial charge in [0.1, 0.15) is 0 Å². The van der Waals surface area contributed by atoms with Crippen molar-refractivity contribution < 1.29 is 11.0 Å². The molecule has 0 atom stereocenters. The molecule has 8 aromatic carbocycles. The predicted octanol–water partition coefficient (Wildman–Crippen LogP) is 13.0. The summed E-state index contributed by atoms with van der Waals surface area (Å²) < 4.78 is 74.9. The van der Waals surface area contributed by atoms with E-state index in [1.165, 1.54) is 4.90 Å². The van der Waals surface area contributed by atoms with Crippen LogP contribution in [0.2, 0.25) is 0 Å². The number of rotatable bonds is 7.